The van der Waals surface area contributed by atoms with Crippen molar-refractivity contribution in [2.75, 3.05) is 13.7 Å². The summed E-state index contributed by atoms with van der Waals surface area (Å²) in [4.78, 5) is 3.66. The molecule has 0 aromatic carbocycles. The van der Waals surface area contributed by atoms with E-state index in [2.05, 4.69) is 4.98 Å². The van der Waals surface area contributed by atoms with Gasteiger partial charge >= 0.3 is 0 Å². The van der Waals surface area contributed by atoms with E-state index < -0.39 is 11.4 Å². The summed E-state index contributed by atoms with van der Waals surface area (Å²) in [6.07, 6.45) is 2.67. The Morgan fingerprint density at radius 1 is 1.69 bits per heavy atom. The first-order valence-corrected chi connectivity index (χ1v) is 3.99. The van der Waals surface area contributed by atoms with Crippen LogP contribution < -0.4 is 5.73 Å². The minimum atomic E-state index is -0.771. The van der Waals surface area contributed by atoms with Crippen LogP contribution in [-0.2, 0) is 10.3 Å². The SMILES string of the molecule is COC(C)(CN)c1ccncc1F. The minimum absolute atomic E-state index is 0.227. The molecular weight excluding hydrogens is 171 g/mol. The average molecular weight is 184 g/mol. The molecule has 0 aliphatic rings. The summed E-state index contributed by atoms with van der Waals surface area (Å²) in [6, 6.07) is 1.58. The normalized spacial score (nSPS) is 15.4. The lowest BCUT2D eigenvalue weighted by molar-refractivity contribution is 0.00706. The van der Waals surface area contributed by atoms with Crippen molar-refractivity contribution >= 4 is 0 Å². The van der Waals surface area contributed by atoms with E-state index in [4.69, 9.17) is 10.5 Å². The van der Waals surface area contributed by atoms with Crippen molar-refractivity contribution in [3.63, 3.8) is 0 Å². The summed E-state index contributed by atoms with van der Waals surface area (Å²) in [5, 5.41) is 0. The lowest BCUT2D eigenvalue weighted by Crippen LogP contribution is -2.34. The number of nitrogens with zero attached hydrogens (tertiary/aromatic N) is 1. The Hall–Kier alpha value is -1.00. The average Bonchev–Trinajstić information content (AvgIpc) is 2.17. The summed E-state index contributed by atoms with van der Waals surface area (Å²) in [5.74, 6) is -0.391. The van der Waals surface area contributed by atoms with Gasteiger partial charge < -0.3 is 10.5 Å². The predicted octanol–water partition coefficient (Wildman–Crippen LogP) is 1.04. The molecule has 1 atom stereocenters. The first-order valence-electron chi connectivity index (χ1n) is 3.99. The number of methoxy groups -OCH3 is 1. The molecular formula is C9H13FN2O. The van der Waals surface area contributed by atoms with Crippen LogP contribution in [0.3, 0.4) is 0 Å². The van der Waals surface area contributed by atoms with E-state index in [9.17, 15) is 4.39 Å². The summed E-state index contributed by atoms with van der Waals surface area (Å²) in [6.45, 7) is 1.97. The van der Waals surface area contributed by atoms with Crippen molar-refractivity contribution in [2.45, 2.75) is 12.5 Å². The highest BCUT2D eigenvalue weighted by molar-refractivity contribution is 5.21. The second-order valence-corrected chi connectivity index (χ2v) is 2.99. The smallest absolute Gasteiger partial charge is 0.147 e. The van der Waals surface area contributed by atoms with Gasteiger partial charge in [0.1, 0.15) is 11.4 Å². The number of pyridine rings is 1. The number of halogens is 1. The first-order chi connectivity index (χ1) is 6.14. The highest BCUT2D eigenvalue weighted by atomic mass is 19.1. The fourth-order valence-corrected chi connectivity index (χ4v) is 1.11. The summed E-state index contributed by atoms with van der Waals surface area (Å²) < 4.78 is 18.4. The topological polar surface area (TPSA) is 48.1 Å². The fourth-order valence-electron chi connectivity index (χ4n) is 1.11. The molecule has 4 heteroatoms. The van der Waals surface area contributed by atoms with Gasteiger partial charge in [0.2, 0.25) is 0 Å². The number of ether oxygens (including phenoxy) is 1. The molecule has 13 heavy (non-hydrogen) atoms. The van der Waals surface area contributed by atoms with Crippen LogP contribution in [0, 0.1) is 5.82 Å². The number of hydrogen-bond donors (Lipinski definition) is 1. The third-order valence-corrected chi connectivity index (χ3v) is 2.18. The highest BCUT2D eigenvalue weighted by Gasteiger charge is 2.27. The van der Waals surface area contributed by atoms with Crippen LogP contribution in [0.15, 0.2) is 18.5 Å². The molecule has 0 bridgehead atoms. The molecule has 72 valence electrons. The van der Waals surface area contributed by atoms with E-state index in [-0.39, 0.29) is 6.54 Å². The monoisotopic (exact) mass is 184 g/mol. The Bertz CT molecular complexity index is 287. The van der Waals surface area contributed by atoms with Gasteiger partial charge in [-0.2, -0.15) is 0 Å². The summed E-state index contributed by atoms with van der Waals surface area (Å²) in [7, 11) is 1.51. The molecule has 0 radical (unpaired) electrons. The van der Waals surface area contributed by atoms with Gasteiger partial charge in [0, 0.05) is 25.4 Å². The summed E-state index contributed by atoms with van der Waals surface area (Å²) >= 11 is 0. The van der Waals surface area contributed by atoms with Gasteiger partial charge in [-0.1, -0.05) is 0 Å². The van der Waals surface area contributed by atoms with Crippen LogP contribution in [0.25, 0.3) is 0 Å². The third kappa shape index (κ3) is 1.84. The molecule has 0 aliphatic carbocycles. The lowest BCUT2D eigenvalue weighted by atomic mass is 9.96. The lowest BCUT2D eigenvalue weighted by Gasteiger charge is -2.26. The van der Waals surface area contributed by atoms with Crippen molar-refractivity contribution in [2.24, 2.45) is 5.73 Å². The standard InChI is InChI=1S/C9H13FN2O/c1-9(6-11,13-2)7-3-4-12-5-8(7)10/h3-5H,6,11H2,1-2H3. The highest BCUT2D eigenvalue weighted by Crippen LogP contribution is 2.24. The van der Waals surface area contributed by atoms with E-state index in [1.807, 2.05) is 0 Å². The van der Waals surface area contributed by atoms with E-state index in [0.717, 1.165) is 6.20 Å². The van der Waals surface area contributed by atoms with Gasteiger partial charge in [-0.15, -0.1) is 0 Å². The van der Waals surface area contributed by atoms with Crippen molar-refractivity contribution in [3.8, 4) is 0 Å². The Kier molecular flexibility index (Phi) is 2.95. The quantitative estimate of drug-likeness (QED) is 0.763. The van der Waals surface area contributed by atoms with Gasteiger partial charge in [-0.25, -0.2) is 4.39 Å². The molecule has 0 fully saturated rings. The largest absolute Gasteiger partial charge is 0.372 e. The molecule has 0 spiro atoms. The molecule has 2 N–H and O–H groups in total. The van der Waals surface area contributed by atoms with E-state index in [1.165, 1.54) is 13.3 Å². The number of aromatic nitrogens is 1. The predicted molar refractivity (Wildman–Crippen MR) is 47.6 cm³/mol. The van der Waals surface area contributed by atoms with E-state index in [0.29, 0.717) is 5.56 Å². The zero-order valence-electron chi connectivity index (χ0n) is 7.75. The van der Waals surface area contributed by atoms with Crippen LogP contribution in [-0.4, -0.2) is 18.6 Å². The second-order valence-electron chi connectivity index (χ2n) is 2.99. The van der Waals surface area contributed by atoms with Crippen molar-refractivity contribution in [1.29, 1.82) is 0 Å². The van der Waals surface area contributed by atoms with Gasteiger partial charge in [0.15, 0.2) is 0 Å². The van der Waals surface area contributed by atoms with E-state index >= 15 is 0 Å². The van der Waals surface area contributed by atoms with Crippen LogP contribution in [0.2, 0.25) is 0 Å². The number of nitrogens with two attached hydrogens (primary N) is 1. The maximum absolute atomic E-state index is 13.3. The molecule has 1 unspecified atom stereocenters. The number of hydrogen-bond acceptors (Lipinski definition) is 3. The second kappa shape index (κ2) is 3.81. The maximum Gasteiger partial charge on any atom is 0.147 e. The fraction of sp³-hybridized carbons (Fsp3) is 0.444. The molecule has 3 nitrogen and oxygen atoms in total. The van der Waals surface area contributed by atoms with Crippen molar-refractivity contribution < 1.29 is 9.13 Å². The Morgan fingerprint density at radius 3 is 2.85 bits per heavy atom. The van der Waals surface area contributed by atoms with Gasteiger partial charge in [0.25, 0.3) is 0 Å². The van der Waals surface area contributed by atoms with Gasteiger partial charge in [-0.3, -0.25) is 4.98 Å². The Labute approximate surface area is 76.7 Å². The number of rotatable bonds is 3. The molecule has 0 aliphatic heterocycles. The molecule has 1 aromatic rings. The molecule has 0 saturated carbocycles. The van der Waals surface area contributed by atoms with Gasteiger partial charge in [-0.05, 0) is 13.0 Å². The molecule has 1 rings (SSSR count). The molecule has 0 saturated heterocycles. The maximum atomic E-state index is 13.3. The zero-order chi connectivity index (χ0) is 9.90. The Morgan fingerprint density at radius 2 is 2.38 bits per heavy atom. The third-order valence-electron chi connectivity index (χ3n) is 2.18. The van der Waals surface area contributed by atoms with E-state index in [1.54, 1.807) is 13.0 Å². The minimum Gasteiger partial charge on any atom is -0.372 e. The molecule has 1 heterocycles. The Balaban J connectivity index is 3.12. The van der Waals surface area contributed by atoms with Crippen molar-refractivity contribution in [3.05, 3.63) is 29.8 Å². The zero-order valence-corrected chi connectivity index (χ0v) is 7.75. The van der Waals surface area contributed by atoms with Crippen LogP contribution in [0.4, 0.5) is 4.39 Å². The first kappa shape index (κ1) is 10.1. The van der Waals surface area contributed by atoms with Crippen LogP contribution in [0.5, 0.6) is 0 Å². The molecule has 1 aromatic heterocycles. The van der Waals surface area contributed by atoms with Crippen molar-refractivity contribution in [1.82, 2.24) is 4.98 Å². The molecule has 0 amide bonds. The van der Waals surface area contributed by atoms with Gasteiger partial charge in [0.05, 0.1) is 6.20 Å². The summed E-state index contributed by atoms with van der Waals surface area (Å²) in [5.41, 5.74) is 5.17. The van der Waals surface area contributed by atoms with Crippen LogP contribution in [0.1, 0.15) is 12.5 Å². The van der Waals surface area contributed by atoms with Crippen LogP contribution >= 0.6 is 0 Å².